The van der Waals surface area contributed by atoms with Gasteiger partial charge in [0, 0.05) is 12.8 Å². The van der Waals surface area contributed by atoms with Crippen LogP contribution in [0.25, 0.3) is 0 Å². The Labute approximate surface area is 121 Å². The summed E-state index contributed by atoms with van der Waals surface area (Å²) in [4.78, 5) is 4.25. The zero-order valence-electron chi connectivity index (χ0n) is 10.7. The summed E-state index contributed by atoms with van der Waals surface area (Å²) in [6.45, 7) is 0. The quantitative estimate of drug-likeness (QED) is 0.772. The summed E-state index contributed by atoms with van der Waals surface area (Å²) < 4.78 is 25.8. The first-order valence-electron chi connectivity index (χ1n) is 5.72. The van der Waals surface area contributed by atoms with Gasteiger partial charge in [0.1, 0.15) is 6.33 Å². The molecule has 1 heterocycles. The van der Waals surface area contributed by atoms with Crippen molar-refractivity contribution in [1.29, 1.82) is 5.26 Å². The van der Waals surface area contributed by atoms with E-state index in [0.717, 1.165) is 0 Å². The van der Waals surface area contributed by atoms with E-state index in [1.165, 1.54) is 42.4 Å². The summed E-state index contributed by atoms with van der Waals surface area (Å²) >= 11 is 1.34. The smallest absolute Gasteiger partial charge is 0.185 e. The first kappa shape index (κ1) is 14.6. The standard InChI is InChI=1S/C12H12N4O2S2/c1-16-12(14-9-15-16)19-6-7-20(17,18)11-4-2-10(8-13)3-5-11/h2-5,9H,6-7H2,1H3. The van der Waals surface area contributed by atoms with Gasteiger partial charge in [0.2, 0.25) is 0 Å². The molecule has 104 valence electrons. The summed E-state index contributed by atoms with van der Waals surface area (Å²) in [6, 6.07) is 7.88. The molecule has 0 saturated heterocycles. The summed E-state index contributed by atoms with van der Waals surface area (Å²) in [5.74, 6) is 0.408. The van der Waals surface area contributed by atoms with Gasteiger partial charge >= 0.3 is 0 Å². The maximum atomic E-state index is 12.1. The molecule has 0 radical (unpaired) electrons. The maximum Gasteiger partial charge on any atom is 0.185 e. The highest BCUT2D eigenvalue weighted by atomic mass is 32.2. The van der Waals surface area contributed by atoms with Crippen molar-refractivity contribution in [2.24, 2.45) is 7.05 Å². The molecule has 1 aromatic carbocycles. The minimum Gasteiger partial charge on any atom is -0.244 e. The second-order valence-corrected chi connectivity index (χ2v) is 7.14. The van der Waals surface area contributed by atoms with E-state index >= 15 is 0 Å². The lowest BCUT2D eigenvalue weighted by Gasteiger charge is -2.04. The van der Waals surface area contributed by atoms with Crippen LogP contribution in [-0.2, 0) is 16.9 Å². The lowest BCUT2D eigenvalue weighted by molar-refractivity contribution is 0.597. The van der Waals surface area contributed by atoms with Gasteiger partial charge in [-0.05, 0) is 24.3 Å². The maximum absolute atomic E-state index is 12.1. The van der Waals surface area contributed by atoms with Crippen molar-refractivity contribution >= 4 is 21.6 Å². The van der Waals surface area contributed by atoms with Crippen LogP contribution < -0.4 is 0 Å². The van der Waals surface area contributed by atoms with Gasteiger partial charge in [0.15, 0.2) is 15.0 Å². The number of hydrogen-bond acceptors (Lipinski definition) is 6. The minimum absolute atomic E-state index is 0.0103. The van der Waals surface area contributed by atoms with E-state index in [-0.39, 0.29) is 10.6 Å². The summed E-state index contributed by atoms with van der Waals surface area (Å²) in [6.07, 6.45) is 1.43. The molecule has 2 aromatic rings. The Kier molecular flexibility index (Phi) is 4.42. The van der Waals surface area contributed by atoms with E-state index < -0.39 is 9.84 Å². The van der Waals surface area contributed by atoms with Crippen molar-refractivity contribution in [2.45, 2.75) is 10.1 Å². The highest BCUT2D eigenvalue weighted by molar-refractivity contribution is 8.00. The van der Waals surface area contributed by atoms with Gasteiger partial charge < -0.3 is 0 Å². The Balaban J connectivity index is 2.00. The fourth-order valence-corrected chi connectivity index (χ4v) is 4.05. The Morgan fingerprint density at radius 2 is 2.05 bits per heavy atom. The topological polar surface area (TPSA) is 88.6 Å². The molecule has 20 heavy (non-hydrogen) atoms. The van der Waals surface area contributed by atoms with E-state index in [1.807, 2.05) is 6.07 Å². The van der Waals surface area contributed by atoms with Crippen LogP contribution in [0.3, 0.4) is 0 Å². The molecule has 0 aliphatic heterocycles. The third kappa shape index (κ3) is 3.37. The fraction of sp³-hybridized carbons (Fsp3) is 0.250. The van der Waals surface area contributed by atoms with Gasteiger partial charge in [-0.15, -0.1) is 0 Å². The normalized spacial score (nSPS) is 11.2. The molecule has 0 aliphatic carbocycles. The number of rotatable bonds is 5. The highest BCUT2D eigenvalue weighted by Gasteiger charge is 2.15. The van der Waals surface area contributed by atoms with Crippen LogP contribution in [-0.4, -0.2) is 34.7 Å². The molecule has 2 rings (SSSR count). The first-order valence-corrected chi connectivity index (χ1v) is 8.36. The lowest BCUT2D eigenvalue weighted by atomic mass is 10.2. The molecule has 0 unspecified atom stereocenters. The molecular weight excluding hydrogens is 296 g/mol. The summed E-state index contributed by atoms with van der Waals surface area (Å²) in [5, 5.41) is 13.3. The van der Waals surface area contributed by atoms with Gasteiger partial charge in [-0.25, -0.2) is 18.1 Å². The molecular formula is C12H12N4O2S2. The number of aromatic nitrogens is 3. The molecule has 0 aliphatic rings. The molecule has 6 nitrogen and oxygen atoms in total. The second-order valence-electron chi connectivity index (χ2n) is 3.97. The molecule has 0 spiro atoms. The Bertz CT molecular complexity index is 730. The minimum atomic E-state index is -3.34. The van der Waals surface area contributed by atoms with E-state index in [9.17, 15) is 8.42 Å². The van der Waals surface area contributed by atoms with Crippen molar-refractivity contribution < 1.29 is 8.42 Å². The van der Waals surface area contributed by atoms with Crippen molar-refractivity contribution in [1.82, 2.24) is 14.8 Å². The van der Waals surface area contributed by atoms with Crippen LogP contribution in [0.15, 0.2) is 40.6 Å². The van der Waals surface area contributed by atoms with E-state index in [1.54, 1.807) is 11.7 Å². The molecule has 0 atom stereocenters. The average Bonchev–Trinajstić information content (AvgIpc) is 2.84. The van der Waals surface area contributed by atoms with Gasteiger partial charge in [-0.2, -0.15) is 10.4 Å². The van der Waals surface area contributed by atoms with Crippen LogP contribution in [0.4, 0.5) is 0 Å². The molecule has 0 N–H and O–H groups in total. The Morgan fingerprint density at radius 1 is 1.35 bits per heavy atom. The second kappa shape index (κ2) is 6.07. The van der Waals surface area contributed by atoms with Crippen LogP contribution >= 0.6 is 11.8 Å². The molecule has 0 saturated carbocycles. The van der Waals surface area contributed by atoms with Crippen LogP contribution in [0.2, 0.25) is 0 Å². The van der Waals surface area contributed by atoms with Gasteiger partial charge in [-0.1, -0.05) is 11.8 Å². The number of sulfone groups is 1. The van der Waals surface area contributed by atoms with E-state index in [0.29, 0.717) is 16.5 Å². The number of benzene rings is 1. The van der Waals surface area contributed by atoms with E-state index in [2.05, 4.69) is 10.1 Å². The van der Waals surface area contributed by atoms with Gasteiger partial charge in [0.05, 0.1) is 22.3 Å². The zero-order valence-corrected chi connectivity index (χ0v) is 12.4. The number of thioether (sulfide) groups is 1. The molecule has 0 amide bonds. The number of aryl methyl sites for hydroxylation is 1. The fourth-order valence-electron chi connectivity index (χ4n) is 1.51. The monoisotopic (exact) mass is 308 g/mol. The van der Waals surface area contributed by atoms with Crippen LogP contribution in [0.1, 0.15) is 5.56 Å². The molecule has 1 aromatic heterocycles. The van der Waals surface area contributed by atoms with Crippen LogP contribution in [0, 0.1) is 11.3 Å². The summed E-state index contributed by atoms with van der Waals surface area (Å²) in [5.41, 5.74) is 0.442. The van der Waals surface area contributed by atoms with Crippen molar-refractivity contribution in [3.8, 4) is 6.07 Å². The summed E-state index contributed by atoms with van der Waals surface area (Å²) in [7, 11) is -1.58. The largest absolute Gasteiger partial charge is 0.244 e. The highest BCUT2D eigenvalue weighted by Crippen LogP contribution is 2.17. The number of nitriles is 1. The number of nitrogens with zero attached hydrogens (tertiary/aromatic N) is 4. The van der Waals surface area contributed by atoms with Gasteiger partial charge in [0.25, 0.3) is 0 Å². The predicted octanol–water partition coefficient (Wildman–Crippen LogP) is 1.25. The number of hydrogen-bond donors (Lipinski definition) is 0. The Hall–Kier alpha value is -1.85. The molecule has 8 heteroatoms. The molecule has 0 fully saturated rings. The zero-order chi connectivity index (χ0) is 14.6. The SMILES string of the molecule is Cn1ncnc1SCCS(=O)(=O)c1ccc(C#N)cc1. The lowest BCUT2D eigenvalue weighted by Crippen LogP contribution is -2.09. The average molecular weight is 308 g/mol. The Morgan fingerprint density at radius 3 is 2.60 bits per heavy atom. The van der Waals surface area contributed by atoms with Crippen molar-refractivity contribution in [2.75, 3.05) is 11.5 Å². The first-order chi connectivity index (χ1) is 9.53. The van der Waals surface area contributed by atoms with E-state index in [4.69, 9.17) is 5.26 Å². The predicted molar refractivity (Wildman–Crippen MR) is 74.9 cm³/mol. The van der Waals surface area contributed by atoms with Crippen molar-refractivity contribution in [3.63, 3.8) is 0 Å². The van der Waals surface area contributed by atoms with Crippen molar-refractivity contribution in [3.05, 3.63) is 36.2 Å². The van der Waals surface area contributed by atoms with Gasteiger partial charge in [-0.3, -0.25) is 0 Å². The third-order valence-corrected chi connectivity index (χ3v) is 5.62. The molecule has 0 bridgehead atoms. The third-order valence-electron chi connectivity index (χ3n) is 2.60. The van der Waals surface area contributed by atoms with Crippen LogP contribution in [0.5, 0.6) is 0 Å².